The SMILES string of the molecule is CCC(Nc1nc(NCc2ccccc2N)c2ncn(C3CCCCC3)c2n1)C(C)O. The van der Waals surface area contributed by atoms with Crippen molar-refractivity contribution in [2.24, 2.45) is 0 Å². The summed E-state index contributed by atoms with van der Waals surface area (Å²) >= 11 is 0. The molecule has 1 fully saturated rings. The number of benzene rings is 1. The number of para-hydroxylation sites is 1. The van der Waals surface area contributed by atoms with Crippen LogP contribution in [0.2, 0.25) is 0 Å². The van der Waals surface area contributed by atoms with E-state index < -0.39 is 6.10 Å². The summed E-state index contributed by atoms with van der Waals surface area (Å²) in [7, 11) is 0. The number of nitrogens with zero attached hydrogens (tertiary/aromatic N) is 4. The second-order valence-corrected chi connectivity index (χ2v) is 8.46. The molecule has 1 aromatic carbocycles. The molecule has 2 unspecified atom stereocenters. The van der Waals surface area contributed by atoms with Crippen molar-refractivity contribution < 1.29 is 5.11 Å². The number of nitrogen functional groups attached to an aromatic ring is 1. The smallest absolute Gasteiger partial charge is 0.227 e. The fourth-order valence-electron chi connectivity index (χ4n) is 4.33. The van der Waals surface area contributed by atoms with Crippen LogP contribution >= 0.6 is 0 Å². The van der Waals surface area contributed by atoms with Crippen LogP contribution < -0.4 is 16.4 Å². The molecule has 8 nitrogen and oxygen atoms in total. The minimum Gasteiger partial charge on any atom is -0.398 e. The van der Waals surface area contributed by atoms with Gasteiger partial charge in [0.05, 0.1) is 18.5 Å². The first-order chi connectivity index (χ1) is 15.1. The predicted molar refractivity (Wildman–Crippen MR) is 125 cm³/mol. The molecule has 0 amide bonds. The monoisotopic (exact) mass is 423 g/mol. The molecule has 1 saturated carbocycles. The van der Waals surface area contributed by atoms with Gasteiger partial charge in [0.1, 0.15) is 0 Å². The van der Waals surface area contributed by atoms with E-state index in [-0.39, 0.29) is 6.04 Å². The molecule has 8 heteroatoms. The lowest BCUT2D eigenvalue weighted by Gasteiger charge is -2.24. The number of anilines is 3. The Morgan fingerprint density at radius 3 is 2.68 bits per heavy atom. The molecule has 166 valence electrons. The average molecular weight is 424 g/mol. The van der Waals surface area contributed by atoms with Crippen molar-refractivity contribution in [2.75, 3.05) is 16.4 Å². The van der Waals surface area contributed by atoms with E-state index in [1.807, 2.05) is 37.5 Å². The zero-order valence-corrected chi connectivity index (χ0v) is 18.4. The number of hydrogen-bond donors (Lipinski definition) is 4. The minimum absolute atomic E-state index is 0.124. The maximum atomic E-state index is 10.1. The Morgan fingerprint density at radius 1 is 1.19 bits per heavy atom. The van der Waals surface area contributed by atoms with Crippen LogP contribution in [-0.4, -0.2) is 36.8 Å². The molecule has 0 bridgehead atoms. The Labute approximate surface area is 183 Å². The summed E-state index contributed by atoms with van der Waals surface area (Å²) in [6.07, 6.45) is 8.21. The van der Waals surface area contributed by atoms with E-state index in [1.165, 1.54) is 19.3 Å². The van der Waals surface area contributed by atoms with Gasteiger partial charge < -0.3 is 26.0 Å². The maximum Gasteiger partial charge on any atom is 0.227 e. The van der Waals surface area contributed by atoms with Crippen LogP contribution in [0.3, 0.4) is 0 Å². The van der Waals surface area contributed by atoms with Crippen molar-refractivity contribution in [1.29, 1.82) is 0 Å². The van der Waals surface area contributed by atoms with Gasteiger partial charge in [-0.25, -0.2) is 4.98 Å². The largest absolute Gasteiger partial charge is 0.398 e. The Balaban J connectivity index is 1.70. The molecule has 31 heavy (non-hydrogen) atoms. The van der Waals surface area contributed by atoms with Crippen LogP contribution in [-0.2, 0) is 6.54 Å². The highest BCUT2D eigenvalue weighted by Gasteiger charge is 2.22. The van der Waals surface area contributed by atoms with Gasteiger partial charge in [0.25, 0.3) is 0 Å². The van der Waals surface area contributed by atoms with Crippen LogP contribution in [0.1, 0.15) is 64.0 Å². The van der Waals surface area contributed by atoms with Crippen LogP contribution in [0.15, 0.2) is 30.6 Å². The number of aliphatic hydroxyl groups excluding tert-OH is 1. The maximum absolute atomic E-state index is 10.1. The van der Waals surface area contributed by atoms with E-state index in [9.17, 15) is 5.11 Å². The number of nitrogens with one attached hydrogen (secondary N) is 2. The normalized spacial score (nSPS) is 16.9. The van der Waals surface area contributed by atoms with Crippen molar-refractivity contribution in [3.05, 3.63) is 36.2 Å². The lowest BCUT2D eigenvalue weighted by Crippen LogP contribution is -2.31. The van der Waals surface area contributed by atoms with Gasteiger partial charge in [-0.15, -0.1) is 0 Å². The Kier molecular flexibility index (Phi) is 6.56. The number of aliphatic hydroxyl groups is 1. The van der Waals surface area contributed by atoms with Crippen LogP contribution in [0.4, 0.5) is 17.5 Å². The standard InChI is InChI=1S/C23H33N7O/c1-3-19(15(2)31)27-23-28-21(25-13-16-9-7-8-12-18(16)24)20-22(29-23)30(14-26-20)17-10-5-4-6-11-17/h7-9,12,14-15,17,19,31H,3-6,10-11,13,24H2,1-2H3,(H2,25,27,28,29). The summed E-state index contributed by atoms with van der Waals surface area (Å²) < 4.78 is 2.20. The third kappa shape index (κ3) is 4.74. The fraction of sp³-hybridized carbons (Fsp3) is 0.522. The topological polar surface area (TPSA) is 114 Å². The number of rotatable bonds is 8. The van der Waals surface area contributed by atoms with E-state index in [1.54, 1.807) is 6.92 Å². The van der Waals surface area contributed by atoms with Crippen molar-refractivity contribution in [1.82, 2.24) is 19.5 Å². The Bertz CT molecular complexity index is 1010. The van der Waals surface area contributed by atoms with Gasteiger partial charge in [-0.3, -0.25) is 0 Å². The third-order valence-corrected chi connectivity index (χ3v) is 6.23. The van der Waals surface area contributed by atoms with E-state index >= 15 is 0 Å². The van der Waals surface area contributed by atoms with Crippen molar-refractivity contribution in [3.8, 4) is 0 Å². The summed E-state index contributed by atoms with van der Waals surface area (Å²) in [5.41, 5.74) is 9.45. The number of fused-ring (bicyclic) bond motifs is 1. The molecule has 0 spiro atoms. The van der Waals surface area contributed by atoms with E-state index in [0.717, 1.165) is 41.7 Å². The molecule has 0 aliphatic heterocycles. The fourth-order valence-corrected chi connectivity index (χ4v) is 4.33. The zero-order valence-electron chi connectivity index (χ0n) is 18.4. The molecule has 1 aliphatic rings. The molecule has 4 rings (SSSR count). The van der Waals surface area contributed by atoms with Crippen molar-refractivity contribution in [3.63, 3.8) is 0 Å². The highest BCUT2D eigenvalue weighted by Crippen LogP contribution is 2.32. The number of hydrogen-bond acceptors (Lipinski definition) is 7. The summed E-state index contributed by atoms with van der Waals surface area (Å²) in [6, 6.07) is 8.09. The highest BCUT2D eigenvalue weighted by atomic mass is 16.3. The molecule has 5 N–H and O–H groups in total. The molecule has 0 saturated heterocycles. The molecular weight excluding hydrogens is 390 g/mol. The quantitative estimate of drug-likeness (QED) is 0.403. The van der Waals surface area contributed by atoms with Gasteiger partial charge in [0.15, 0.2) is 17.0 Å². The third-order valence-electron chi connectivity index (χ3n) is 6.23. The van der Waals surface area contributed by atoms with Crippen LogP contribution in [0.5, 0.6) is 0 Å². The summed E-state index contributed by atoms with van der Waals surface area (Å²) in [6.45, 7) is 4.36. The number of aromatic nitrogens is 4. The second-order valence-electron chi connectivity index (χ2n) is 8.46. The van der Waals surface area contributed by atoms with Crippen LogP contribution in [0, 0.1) is 0 Å². The Hall–Kier alpha value is -2.87. The first-order valence-corrected chi connectivity index (χ1v) is 11.3. The molecule has 2 heterocycles. The molecular formula is C23H33N7O. The minimum atomic E-state index is -0.506. The van der Waals surface area contributed by atoms with Gasteiger partial charge >= 0.3 is 0 Å². The zero-order chi connectivity index (χ0) is 21.8. The van der Waals surface area contributed by atoms with Crippen molar-refractivity contribution >= 4 is 28.6 Å². The first-order valence-electron chi connectivity index (χ1n) is 11.3. The van der Waals surface area contributed by atoms with E-state index in [4.69, 9.17) is 15.7 Å². The van der Waals surface area contributed by atoms with Gasteiger partial charge in [0, 0.05) is 18.3 Å². The molecule has 3 aromatic rings. The van der Waals surface area contributed by atoms with Crippen molar-refractivity contribution in [2.45, 2.75) is 77.1 Å². The number of nitrogens with two attached hydrogens (primary N) is 1. The second kappa shape index (κ2) is 9.51. The predicted octanol–water partition coefficient (Wildman–Crippen LogP) is 4.10. The summed E-state index contributed by atoms with van der Waals surface area (Å²) in [4.78, 5) is 14.2. The lowest BCUT2D eigenvalue weighted by atomic mass is 9.95. The van der Waals surface area contributed by atoms with Gasteiger partial charge in [-0.1, -0.05) is 44.4 Å². The molecule has 2 atom stereocenters. The van der Waals surface area contributed by atoms with Crippen LogP contribution in [0.25, 0.3) is 11.2 Å². The molecule has 0 radical (unpaired) electrons. The van der Waals surface area contributed by atoms with Gasteiger partial charge in [-0.05, 0) is 37.8 Å². The van der Waals surface area contributed by atoms with E-state index in [0.29, 0.717) is 24.4 Å². The van der Waals surface area contributed by atoms with Gasteiger partial charge in [0.2, 0.25) is 5.95 Å². The lowest BCUT2D eigenvalue weighted by molar-refractivity contribution is 0.169. The summed E-state index contributed by atoms with van der Waals surface area (Å²) in [5.74, 6) is 1.17. The average Bonchev–Trinajstić information content (AvgIpc) is 3.21. The molecule has 2 aromatic heterocycles. The first kappa shape index (κ1) is 21.4. The Morgan fingerprint density at radius 2 is 1.97 bits per heavy atom. The molecule has 1 aliphatic carbocycles. The van der Waals surface area contributed by atoms with Gasteiger partial charge in [-0.2, -0.15) is 9.97 Å². The number of imidazole rings is 1. The highest BCUT2D eigenvalue weighted by molar-refractivity contribution is 5.84. The van der Waals surface area contributed by atoms with E-state index in [2.05, 4.69) is 20.2 Å². The summed E-state index contributed by atoms with van der Waals surface area (Å²) in [5, 5.41) is 16.8.